The Bertz CT molecular complexity index is 98.5. The molecular formula is C3H7N3OS. The molecule has 0 aromatic heterocycles. The van der Waals surface area contributed by atoms with Gasteiger partial charge in [0.1, 0.15) is 5.50 Å². The van der Waals surface area contributed by atoms with Crippen molar-refractivity contribution in [3.05, 3.63) is 4.91 Å². The maximum atomic E-state index is 9.80. The molecule has 0 radical (unpaired) electrons. The molecule has 1 saturated heterocycles. The molecule has 1 fully saturated rings. The van der Waals surface area contributed by atoms with Gasteiger partial charge in [-0.1, -0.05) is 0 Å². The maximum Gasteiger partial charge on any atom is 0.145 e. The lowest BCUT2D eigenvalue weighted by atomic mass is 10.7. The molecule has 46 valence electrons. The Kier molecular flexibility index (Phi) is 1.69. The molecule has 0 aliphatic carbocycles. The first-order valence-electron chi connectivity index (χ1n) is 2.31. The number of nitrogens with two attached hydrogens (primary N) is 1. The van der Waals surface area contributed by atoms with Crippen molar-refractivity contribution in [3.63, 3.8) is 0 Å². The lowest BCUT2D eigenvalue weighted by Crippen LogP contribution is -2.29. The molecule has 0 amide bonds. The average Bonchev–Trinajstić information content (AvgIpc) is 2.14. The number of hydrogen-bond acceptors (Lipinski definition) is 4. The van der Waals surface area contributed by atoms with E-state index in [1.165, 1.54) is 16.8 Å². The van der Waals surface area contributed by atoms with Crippen LogP contribution in [0.25, 0.3) is 0 Å². The number of thioether (sulfide) groups is 1. The molecule has 1 aliphatic rings. The molecule has 8 heavy (non-hydrogen) atoms. The van der Waals surface area contributed by atoms with Gasteiger partial charge in [0, 0.05) is 5.75 Å². The Morgan fingerprint density at radius 1 is 1.88 bits per heavy atom. The summed E-state index contributed by atoms with van der Waals surface area (Å²) in [6, 6.07) is 0. The first-order chi connectivity index (χ1) is 3.84. The molecule has 1 heterocycles. The Morgan fingerprint density at radius 3 is 2.88 bits per heavy atom. The Hall–Kier alpha value is -0.290. The van der Waals surface area contributed by atoms with E-state index in [1.807, 2.05) is 0 Å². The SMILES string of the molecule is NC1SCCN1N=O. The molecular weight excluding hydrogens is 126 g/mol. The first-order valence-corrected chi connectivity index (χ1v) is 3.36. The summed E-state index contributed by atoms with van der Waals surface area (Å²) in [5.74, 6) is 0.910. The zero-order valence-corrected chi connectivity index (χ0v) is 5.10. The van der Waals surface area contributed by atoms with Gasteiger partial charge in [-0.15, -0.1) is 16.7 Å². The predicted molar refractivity (Wildman–Crippen MR) is 32.9 cm³/mol. The molecule has 0 aromatic carbocycles. The number of nitrogens with zero attached hydrogens (tertiary/aromatic N) is 2. The highest BCUT2D eigenvalue weighted by Crippen LogP contribution is 2.18. The first kappa shape index (κ1) is 5.84. The van der Waals surface area contributed by atoms with E-state index in [4.69, 9.17) is 5.73 Å². The lowest BCUT2D eigenvalue weighted by Gasteiger charge is -2.09. The fraction of sp³-hybridized carbons (Fsp3) is 1.00. The van der Waals surface area contributed by atoms with Crippen molar-refractivity contribution in [2.24, 2.45) is 11.0 Å². The van der Waals surface area contributed by atoms with Crippen molar-refractivity contribution in [1.82, 2.24) is 5.01 Å². The van der Waals surface area contributed by atoms with Gasteiger partial charge in [0.2, 0.25) is 0 Å². The van der Waals surface area contributed by atoms with Gasteiger partial charge in [-0.05, 0) is 0 Å². The second-order valence-electron chi connectivity index (χ2n) is 1.51. The molecule has 1 atom stereocenters. The monoisotopic (exact) mass is 133 g/mol. The van der Waals surface area contributed by atoms with Crippen LogP contribution in [0.4, 0.5) is 0 Å². The third-order valence-corrected chi connectivity index (χ3v) is 2.01. The third-order valence-electron chi connectivity index (χ3n) is 1.01. The van der Waals surface area contributed by atoms with Crippen LogP contribution in [-0.4, -0.2) is 22.8 Å². The average molecular weight is 133 g/mol. The van der Waals surface area contributed by atoms with Crippen LogP contribution in [-0.2, 0) is 0 Å². The van der Waals surface area contributed by atoms with E-state index in [-0.39, 0.29) is 5.50 Å². The third kappa shape index (κ3) is 0.924. The zero-order valence-electron chi connectivity index (χ0n) is 4.28. The van der Waals surface area contributed by atoms with Gasteiger partial charge >= 0.3 is 0 Å². The van der Waals surface area contributed by atoms with E-state index < -0.39 is 0 Å². The summed E-state index contributed by atoms with van der Waals surface area (Å²) >= 11 is 1.54. The molecule has 1 rings (SSSR count). The van der Waals surface area contributed by atoms with Crippen LogP contribution in [0.15, 0.2) is 5.29 Å². The van der Waals surface area contributed by atoms with Gasteiger partial charge in [-0.3, -0.25) is 0 Å². The maximum absolute atomic E-state index is 9.80. The van der Waals surface area contributed by atoms with E-state index in [0.717, 1.165) is 5.75 Å². The quantitative estimate of drug-likeness (QED) is 0.510. The van der Waals surface area contributed by atoms with E-state index in [1.54, 1.807) is 0 Å². The van der Waals surface area contributed by atoms with Crippen LogP contribution < -0.4 is 5.73 Å². The molecule has 1 unspecified atom stereocenters. The molecule has 0 spiro atoms. The summed E-state index contributed by atoms with van der Waals surface area (Å²) in [6.45, 7) is 0.690. The minimum absolute atomic E-state index is 0.201. The van der Waals surface area contributed by atoms with Crippen molar-refractivity contribution in [2.75, 3.05) is 12.3 Å². The van der Waals surface area contributed by atoms with Crippen LogP contribution in [0.2, 0.25) is 0 Å². The summed E-state index contributed by atoms with van der Waals surface area (Å²) in [5, 5.41) is 4.04. The van der Waals surface area contributed by atoms with Crippen LogP contribution >= 0.6 is 11.8 Å². The molecule has 0 bridgehead atoms. The second-order valence-corrected chi connectivity index (χ2v) is 2.73. The molecule has 5 heteroatoms. The van der Waals surface area contributed by atoms with E-state index in [9.17, 15) is 4.91 Å². The van der Waals surface area contributed by atoms with Gasteiger partial charge in [0.05, 0.1) is 11.8 Å². The van der Waals surface area contributed by atoms with Crippen LogP contribution in [0.1, 0.15) is 0 Å². The fourth-order valence-electron chi connectivity index (χ4n) is 0.568. The number of nitroso groups, excluding NO2 is 1. The van der Waals surface area contributed by atoms with E-state index in [2.05, 4.69) is 5.29 Å². The zero-order chi connectivity index (χ0) is 5.98. The van der Waals surface area contributed by atoms with E-state index >= 15 is 0 Å². The normalized spacial score (nSPS) is 28.6. The highest BCUT2D eigenvalue weighted by atomic mass is 32.2. The molecule has 0 saturated carbocycles. The summed E-state index contributed by atoms with van der Waals surface area (Å²) < 4.78 is 0. The topological polar surface area (TPSA) is 58.7 Å². The summed E-state index contributed by atoms with van der Waals surface area (Å²) in [4.78, 5) is 9.80. The van der Waals surface area contributed by atoms with Crippen molar-refractivity contribution in [3.8, 4) is 0 Å². The highest BCUT2D eigenvalue weighted by Gasteiger charge is 2.19. The Balaban J connectivity index is 2.41. The Morgan fingerprint density at radius 2 is 2.62 bits per heavy atom. The van der Waals surface area contributed by atoms with Crippen LogP contribution in [0.3, 0.4) is 0 Å². The predicted octanol–water partition coefficient (Wildman–Crippen LogP) is -0.0411. The summed E-state index contributed by atoms with van der Waals surface area (Å²) in [7, 11) is 0. The lowest BCUT2D eigenvalue weighted by molar-refractivity contribution is 0.303. The largest absolute Gasteiger partial charge is 0.301 e. The minimum Gasteiger partial charge on any atom is -0.301 e. The van der Waals surface area contributed by atoms with Crippen molar-refractivity contribution in [1.29, 1.82) is 0 Å². The van der Waals surface area contributed by atoms with Gasteiger partial charge < -0.3 is 5.73 Å². The number of hydrogen-bond donors (Lipinski definition) is 1. The molecule has 1 aliphatic heterocycles. The van der Waals surface area contributed by atoms with Crippen LogP contribution in [0, 0.1) is 4.91 Å². The second kappa shape index (κ2) is 2.32. The van der Waals surface area contributed by atoms with Crippen molar-refractivity contribution in [2.45, 2.75) is 5.50 Å². The van der Waals surface area contributed by atoms with Crippen molar-refractivity contribution < 1.29 is 0 Å². The standard InChI is InChI=1S/C3H7N3OS/c4-3-6(5-7)1-2-8-3/h3H,1-2,4H2. The Labute approximate surface area is 51.4 Å². The van der Waals surface area contributed by atoms with Crippen molar-refractivity contribution >= 4 is 11.8 Å². The molecule has 0 aromatic rings. The van der Waals surface area contributed by atoms with Crippen LogP contribution in [0.5, 0.6) is 0 Å². The van der Waals surface area contributed by atoms with Gasteiger partial charge in [-0.25, -0.2) is 5.01 Å². The van der Waals surface area contributed by atoms with Gasteiger partial charge in [0.25, 0.3) is 0 Å². The molecule has 4 nitrogen and oxygen atoms in total. The van der Waals surface area contributed by atoms with Gasteiger partial charge in [0.15, 0.2) is 0 Å². The summed E-state index contributed by atoms with van der Waals surface area (Å²) in [6.07, 6.45) is 0. The van der Waals surface area contributed by atoms with Gasteiger partial charge in [-0.2, -0.15) is 0 Å². The highest BCUT2D eigenvalue weighted by molar-refractivity contribution is 8.00. The smallest absolute Gasteiger partial charge is 0.145 e. The summed E-state index contributed by atoms with van der Waals surface area (Å²) in [5.41, 5.74) is 5.18. The number of rotatable bonds is 1. The van der Waals surface area contributed by atoms with E-state index in [0.29, 0.717) is 6.54 Å². The fourth-order valence-corrected chi connectivity index (χ4v) is 1.42. The minimum atomic E-state index is -0.201. The molecule has 2 N–H and O–H groups in total.